The van der Waals surface area contributed by atoms with Crippen molar-refractivity contribution in [3.8, 4) is 0 Å². The molecule has 1 aliphatic rings. The van der Waals surface area contributed by atoms with Gasteiger partial charge < -0.3 is 5.32 Å². The fraction of sp³-hybridized carbons (Fsp3) is 0.150. The number of rotatable bonds is 3. The maximum absolute atomic E-state index is 13.3. The Morgan fingerprint density at radius 1 is 1.13 bits per heavy atom. The Bertz CT molecular complexity index is 1130. The molecule has 2 heterocycles. The second kappa shape index (κ2) is 8.27. The van der Waals surface area contributed by atoms with Crippen molar-refractivity contribution >= 4 is 40.4 Å². The Labute approximate surface area is 183 Å². The Hall–Kier alpha value is -2.98. The molecule has 5 nitrogen and oxygen atoms in total. The number of hydrogen-bond donors (Lipinski definition) is 1. The van der Waals surface area contributed by atoms with Gasteiger partial charge in [0.15, 0.2) is 5.01 Å². The first-order valence-electron chi connectivity index (χ1n) is 8.92. The maximum Gasteiger partial charge on any atom is 0.443 e. The first-order valence-corrected chi connectivity index (χ1v) is 10.1. The van der Waals surface area contributed by atoms with Crippen LogP contribution in [0.25, 0.3) is 0 Å². The third-order valence-electron chi connectivity index (χ3n) is 4.49. The van der Waals surface area contributed by atoms with Crippen molar-refractivity contribution in [3.63, 3.8) is 0 Å². The number of nitrogens with one attached hydrogen (secondary N) is 1. The predicted octanol–water partition coefficient (Wildman–Crippen LogP) is 5.99. The van der Waals surface area contributed by atoms with E-state index in [0.717, 1.165) is 11.2 Å². The molecule has 0 aliphatic carbocycles. The minimum absolute atomic E-state index is 0.00558. The summed E-state index contributed by atoms with van der Waals surface area (Å²) in [6.45, 7) is 0.00558. The van der Waals surface area contributed by atoms with E-state index in [9.17, 15) is 22.4 Å². The normalized spacial score (nSPS) is 16.4. The first-order chi connectivity index (χ1) is 14.7. The topological polar surface area (TPSA) is 57.6 Å². The van der Waals surface area contributed by atoms with Gasteiger partial charge in [-0.15, -0.1) is 11.3 Å². The molecule has 2 aromatic carbocycles. The van der Waals surface area contributed by atoms with E-state index in [1.165, 1.54) is 24.3 Å². The molecular formula is C20H13ClF4N4OS. The van der Waals surface area contributed by atoms with Gasteiger partial charge in [-0.1, -0.05) is 23.7 Å². The number of urea groups is 1. The van der Waals surface area contributed by atoms with Gasteiger partial charge in [0, 0.05) is 21.8 Å². The summed E-state index contributed by atoms with van der Waals surface area (Å²) in [5, 5.41) is 7.63. The van der Waals surface area contributed by atoms with Gasteiger partial charge in [0.05, 0.1) is 18.2 Å². The molecule has 0 bridgehead atoms. The minimum Gasteiger partial charge on any atom is -0.306 e. The van der Waals surface area contributed by atoms with Gasteiger partial charge in [0.25, 0.3) is 0 Å². The lowest BCUT2D eigenvalue weighted by Gasteiger charge is -2.14. The lowest BCUT2D eigenvalue weighted by molar-refractivity contribution is -0.137. The van der Waals surface area contributed by atoms with Crippen LogP contribution in [0.15, 0.2) is 59.8 Å². The number of amides is 2. The van der Waals surface area contributed by atoms with Crippen molar-refractivity contribution < 1.29 is 22.4 Å². The monoisotopic (exact) mass is 468 g/mol. The molecule has 11 heteroatoms. The number of hydrogen-bond acceptors (Lipinski definition) is 4. The SMILES string of the molecule is O=C(Nc1ccc(Cl)cc1)N1CC(c2cnc(C(F)(F)F)s2)C(c2ccc(F)cc2)=N1. The molecule has 0 saturated carbocycles. The Balaban J connectivity index is 1.64. The number of thiazole rings is 1. The van der Waals surface area contributed by atoms with Crippen molar-refractivity contribution in [2.75, 3.05) is 11.9 Å². The standard InChI is InChI=1S/C20H13ClF4N4OS/c21-12-3-7-14(8-4-12)27-19(30)29-10-15(16-9-26-18(31-16)20(23,24)25)17(28-29)11-1-5-13(22)6-2-11/h1-9,15H,10H2,(H,27,30). The number of halogens is 5. The van der Waals surface area contributed by atoms with Crippen LogP contribution in [0.3, 0.4) is 0 Å². The third kappa shape index (κ3) is 4.70. The zero-order valence-electron chi connectivity index (χ0n) is 15.5. The molecule has 0 radical (unpaired) electrons. The molecule has 1 aromatic heterocycles. The van der Waals surface area contributed by atoms with Gasteiger partial charge in [0.1, 0.15) is 5.82 Å². The average Bonchev–Trinajstić information content (AvgIpc) is 3.37. The van der Waals surface area contributed by atoms with Crippen LogP contribution >= 0.6 is 22.9 Å². The van der Waals surface area contributed by atoms with Crippen molar-refractivity contribution in [3.05, 3.63) is 81.0 Å². The fourth-order valence-electron chi connectivity index (χ4n) is 3.03. The summed E-state index contributed by atoms with van der Waals surface area (Å²) < 4.78 is 52.4. The van der Waals surface area contributed by atoms with Crippen LogP contribution in [0.5, 0.6) is 0 Å². The van der Waals surface area contributed by atoms with Crippen LogP contribution < -0.4 is 5.32 Å². The summed E-state index contributed by atoms with van der Waals surface area (Å²) in [4.78, 5) is 16.5. The van der Waals surface area contributed by atoms with Crippen LogP contribution in [-0.2, 0) is 6.18 Å². The van der Waals surface area contributed by atoms with E-state index in [1.807, 2.05) is 0 Å². The molecular weight excluding hydrogens is 456 g/mol. The molecule has 1 aliphatic heterocycles. The summed E-state index contributed by atoms with van der Waals surface area (Å²) >= 11 is 6.33. The van der Waals surface area contributed by atoms with Gasteiger partial charge in [-0.25, -0.2) is 19.2 Å². The van der Waals surface area contributed by atoms with Gasteiger partial charge >= 0.3 is 12.2 Å². The van der Waals surface area contributed by atoms with Crippen molar-refractivity contribution in [2.24, 2.45) is 5.10 Å². The summed E-state index contributed by atoms with van der Waals surface area (Å²) in [7, 11) is 0. The van der Waals surface area contributed by atoms with Gasteiger partial charge in [-0.3, -0.25) is 0 Å². The smallest absolute Gasteiger partial charge is 0.306 e. The molecule has 2 amide bonds. The highest BCUT2D eigenvalue weighted by molar-refractivity contribution is 7.12. The number of alkyl halides is 3. The van der Waals surface area contributed by atoms with E-state index < -0.39 is 29.0 Å². The van der Waals surface area contributed by atoms with Gasteiger partial charge in [-0.05, 0) is 42.0 Å². The van der Waals surface area contributed by atoms with E-state index in [1.54, 1.807) is 24.3 Å². The third-order valence-corrected chi connectivity index (χ3v) is 5.90. The van der Waals surface area contributed by atoms with Crippen LogP contribution in [0.1, 0.15) is 21.4 Å². The molecule has 0 saturated heterocycles. The van der Waals surface area contributed by atoms with Crippen molar-refractivity contribution in [1.29, 1.82) is 0 Å². The minimum atomic E-state index is -4.57. The molecule has 4 rings (SSSR count). The highest BCUT2D eigenvalue weighted by Crippen LogP contribution is 2.38. The number of hydrazone groups is 1. The van der Waals surface area contributed by atoms with Gasteiger partial charge in [-0.2, -0.15) is 18.3 Å². The molecule has 1 atom stereocenters. The summed E-state index contributed by atoms with van der Waals surface area (Å²) in [5.41, 5.74) is 1.33. The van der Waals surface area contributed by atoms with E-state index in [0.29, 0.717) is 38.2 Å². The molecule has 3 aromatic rings. The fourth-order valence-corrected chi connectivity index (χ4v) is 4.04. The second-order valence-electron chi connectivity index (χ2n) is 6.63. The molecule has 31 heavy (non-hydrogen) atoms. The number of anilines is 1. The number of benzene rings is 2. The second-order valence-corrected chi connectivity index (χ2v) is 8.13. The van der Waals surface area contributed by atoms with Crippen LogP contribution in [-0.4, -0.2) is 28.3 Å². The van der Waals surface area contributed by atoms with Crippen molar-refractivity contribution in [2.45, 2.75) is 12.1 Å². The number of nitrogens with zero attached hydrogens (tertiary/aromatic N) is 3. The largest absolute Gasteiger partial charge is 0.443 e. The highest BCUT2D eigenvalue weighted by atomic mass is 35.5. The van der Waals surface area contributed by atoms with Crippen LogP contribution in [0.2, 0.25) is 5.02 Å². The lowest BCUT2D eigenvalue weighted by Crippen LogP contribution is -2.30. The number of carbonyl (C=O) groups is 1. The van der Waals surface area contributed by atoms with E-state index >= 15 is 0 Å². The Morgan fingerprint density at radius 3 is 2.42 bits per heavy atom. The zero-order chi connectivity index (χ0) is 22.2. The van der Waals surface area contributed by atoms with Gasteiger partial charge in [0.2, 0.25) is 0 Å². The number of carbonyl (C=O) groups excluding carboxylic acids is 1. The molecule has 1 unspecified atom stereocenters. The lowest BCUT2D eigenvalue weighted by atomic mass is 9.96. The van der Waals surface area contributed by atoms with Crippen molar-refractivity contribution in [1.82, 2.24) is 9.99 Å². The maximum atomic E-state index is 13.3. The average molecular weight is 469 g/mol. The Kier molecular flexibility index (Phi) is 5.67. The highest BCUT2D eigenvalue weighted by Gasteiger charge is 2.38. The molecule has 1 N–H and O–H groups in total. The molecule has 0 spiro atoms. The van der Waals surface area contributed by atoms with E-state index in [2.05, 4.69) is 15.4 Å². The van der Waals surface area contributed by atoms with E-state index in [-0.39, 0.29) is 6.54 Å². The Morgan fingerprint density at radius 2 is 1.81 bits per heavy atom. The zero-order valence-corrected chi connectivity index (χ0v) is 17.1. The van der Waals surface area contributed by atoms with Crippen LogP contribution in [0, 0.1) is 5.82 Å². The summed E-state index contributed by atoms with van der Waals surface area (Å²) in [6, 6.07) is 11.2. The number of aromatic nitrogens is 1. The first kappa shape index (κ1) is 21.3. The molecule has 160 valence electrons. The summed E-state index contributed by atoms with van der Waals surface area (Å²) in [6.07, 6.45) is -3.43. The molecule has 0 fully saturated rings. The predicted molar refractivity (Wildman–Crippen MR) is 110 cm³/mol. The van der Waals surface area contributed by atoms with E-state index in [4.69, 9.17) is 11.6 Å². The van der Waals surface area contributed by atoms with Crippen LogP contribution in [0.4, 0.5) is 28.0 Å². The summed E-state index contributed by atoms with van der Waals surface area (Å²) in [5.74, 6) is -1.11. The quantitative estimate of drug-likeness (QED) is 0.480.